The van der Waals surface area contributed by atoms with E-state index in [2.05, 4.69) is 0 Å². The lowest BCUT2D eigenvalue weighted by Crippen LogP contribution is -1.83. The Morgan fingerprint density at radius 1 is 1.33 bits per heavy atom. The standard InChI is InChI=1S/C8H14O/c1-5-6-8(9-4)7(2)3/h5-6H,1-4H3. The summed E-state index contributed by atoms with van der Waals surface area (Å²) in [6.45, 7) is 6.03. The van der Waals surface area contributed by atoms with E-state index in [0.29, 0.717) is 0 Å². The molecule has 0 amide bonds. The van der Waals surface area contributed by atoms with E-state index in [1.807, 2.05) is 32.9 Å². The molecule has 0 N–H and O–H groups in total. The van der Waals surface area contributed by atoms with E-state index in [-0.39, 0.29) is 0 Å². The van der Waals surface area contributed by atoms with Gasteiger partial charge in [-0.15, -0.1) is 0 Å². The predicted octanol–water partition coefficient (Wildman–Crippen LogP) is 2.50. The van der Waals surface area contributed by atoms with Crippen molar-refractivity contribution in [3.05, 3.63) is 23.5 Å². The van der Waals surface area contributed by atoms with Crippen molar-refractivity contribution in [2.24, 2.45) is 0 Å². The summed E-state index contributed by atoms with van der Waals surface area (Å²) in [5.74, 6) is 0.956. The molecule has 0 heterocycles. The third-order valence-electron chi connectivity index (χ3n) is 1.03. The Morgan fingerprint density at radius 2 is 1.89 bits per heavy atom. The molecule has 0 aromatic rings. The number of hydrogen-bond acceptors (Lipinski definition) is 1. The first-order valence-electron chi connectivity index (χ1n) is 3.06. The van der Waals surface area contributed by atoms with E-state index in [1.165, 1.54) is 5.57 Å². The summed E-state index contributed by atoms with van der Waals surface area (Å²) < 4.78 is 5.04. The van der Waals surface area contributed by atoms with Crippen LogP contribution in [0.1, 0.15) is 20.8 Å². The van der Waals surface area contributed by atoms with Gasteiger partial charge in [-0.3, -0.25) is 0 Å². The number of rotatable bonds is 2. The van der Waals surface area contributed by atoms with Crippen LogP contribution in [0.15, 0.2) is 23.5 Å². The van der Waals surface area contributed by atoms with Gasteiger partial charge in [0.25, 0.3) is 0 Å². The third kappa shape index (κ3) is 2.96. The van der Waals surface area contributed by atoms with Gasteiger partial charge in [-0.25, -0.2) is 0 Å². The van der Waals surface area contributed by atoms with Crippen molar-refractivity contribution in [3.8, 4) is 0 Å². The molecule has 0 aromatic carbocycles. The lowest BCUT2D eigenvalue weighted by atomic mass is 10.3. The van der Waals surface area contributed by atoms with Gasteiger partial charge in [-0.05, 0) is 32.4 Å². The van der Waals surface area contributed by atoms with Crippen molar-refractivity contribution >= 4 is 0 Å². The van der Waals surface area contributed by atoms with Crippen LogP contribution in [0, 0.1) is 0 Å². The van der Waals surface area contributed by atoms with Gasteiger partial charge in [0, 0.05) is 0 Å². The summed E-state index contributed by atoms with van der Waals surface area (Å²) in [6, 6.07) is 0. The smallest absolute Gasteiger partial charge is 0.117 e. The zero-order valence-corrected chi connectivity index (χ0v) is 6.56. The van der Waals surface area contributed by atoms with E-state index in [9.17, 15) is 0 Å². The van der Waals surface area contributed by atoms with Crippen LogP contribution in [0.5, 0.6) is 0 Å². The van der Waals surface area contributed by atoms with Crippen molar-refractivity contribution in [1.82, 2.24) is 0 Å². The summed E-state index contributed by atoms with van der Waals surface area (Å²) in [5.41, 5.74) is 1.20. The molecule has 0 radical (unpaired) electrons. The van der Waals surface area contributed by atoms with Crippen LogP contribution in [-0.2, 0) is 4.74 Å². The van der Waals surface area contributed by atoms with Gasteiger partial charge in [-0.1, -0.05) is 6.08 Å². The maximum atomic E-state index is 5.04. The molecule has 0 aliphatic rings. The molecular formula is C8H14O. The molecular weight excluding hydrogens is 112 g/mol. The average molecular weight is 126 g/mol. The average Bonchev–Trinajstić information content (AvgIpc) is 1.82. The monoisotopic (exact) mass is 126 g/mol. The van der Waals surface area contributed by atoms with Crippen molar-refractivity contribution in [3.63, 3.8) is 0 Å². The third-order valence-corrected chi connectivity index (χ3v) is 1.03. The van der Waals surface area contributed by atoms with Gasteiger partial charge >= 0.3 is 0 Å². The van der Waals surface area contributed by atoms with Crippen LogP contribution in [0.2, 0.25) is 0 Å². The first-order valence-corrected chi connectivity index (χ1v) is 3.06. The molecule has 0 saturated heterocycles. The normalized spacial score (nSPS) is 9.78. The molecule has 0 atom stereocenters. The highest BCUT2D eigenvalue weighted by Crippen LogP contribution is 2.04. The summed E-state index contributed by atoms with van der Waals surface area (Å²) in [4.78, 5) is 0. The van der Waals surface area contributed by atoms with E-state index in [4.69, 9.17) is 4.74 Å². The Balaban J connectivity index is 4.16. The first-order chi connectivity index (χ1) is 4.22. The topological polar surface area (TPSA) is 9.23 Å². The summed E-state index contributed by atoms with van der Waals surface area (Å²) in [7, 11) is 1.68. The molecule has 52 valence electrons. The highest BCUT2D eigenvalue weighted by molar-refractivity contribution is 5.16. The van der Waals surface area contributed by atoms with Crippen molar-refractivity contribution in [2.45, 2.75) is 20.8 Å². The Hall–Kier alpha value is -0.720. The largest absolute Gasteiger partial charge is 0.497 e. The molecule has 0 aliphatic heterocycles. The zero-order chi connectivity index (χ0) is 7.28. The minimum absolute atomic E-state index is 0.956. The van der Waals surface area contributed by atoms with Crippen molar-refractivity contribution in [1.29, 1.82) is 0 Å². The molecule has 1 heteroatoms. The van der Waals surface area contributed by atoms with Gasteiger partial charge in [0.2, 0.25) is 0 Å². The summed E-state index contributed by atoms with van der Waals surface area (Å²) in [6.07, 6.45) is 3.92. The summed E-state index contributed by atoms with van der Waals surface area (Å²) in [5, 5.41) is 0. The Bertz CT molecular complexity index is 128. The molecule has 0 fully saturated rings. The van der Waals surface area contributed by atoms with Gasteiger partial charge in [0.15, 0.2) is 0 Å². The lowest BCUT2D eigenvalue weighted by Gasteiger charge is -2.00. The van der Waals surface area contributed by atoms with E-state index in [0.717, 1.165) is 5.76 Å². The van der Waals surface area contributed by atoms with Crippen LogP contribution in [-0.4, -0.2) is 7.11 Å². The fraction of sp³-hybridized carbons (Fsp3) is 0.500. The number of allylic oxidation sites excluding steroid dienone is 3. The maximum Gasteiger partial charge on any atom is 0.117 e. The number of ether oxygens (including phenoxy) is 1. The molecule has 0 rings (SSSR count). The fourth-order valence-electron chi connectivity index (χ4n) is 0.590. The highest BCUT2D eigenvalue weighted by atomic mass is 16.5. The minimum Gasteiger partial charge on any atom is -0.497 e. The lowest BCUT2D eigenvalue weighted by molar-refractivity contribution is 0.302. The predicted molar refractivity (Wildman–Crippen MR) is 40.2 cm³/mol. The molecule has 0 aliphatic carbocycles. The second-order valence-corrected chi connectivity index (χ2v) is 2.07. The Morgan fingerprint density at radius 3 is 2.00 bits per heavy atom. The first kappa shape index (κ1) is 8.28. The Kier molecular flexibility index (Phi) is 3.85. The summed E-state index contributed by atoms with van der Waals surface area (Å²) >= 11 is 0. The highest BCUT2D eigenvalue weighted by Gasteiger charge is 1.88. The molecule has 0 aromatic heterocycles. The fourth-order valence-corrected chi connectivity index (χ4v) is 0.590. The molecule has 0 unspecified atom stereocenters. The van der Waals surface area contributed by atoms with Crippen molar-refractivity contribution in [2.75, 3.05) is 7.11 Å². The van der Waals surface area contributed by atoms with Gasteiger partial charge < -0.3 is 4.74 Å². The van der Waals surface area contributed by atoms with Gasteiger partial charge in [-0.2, -0.15) is 0 Å². The van der Waals surface area contributed by atoms with Crippen LogP contribution in [0.25, 0.3) is 0 Å². The Labute approximate surface area is 57.0 Å². The van der Waals surface area contributed by atoms with Crippen LogP contribution >= 0.6 is 0 Å². The number of methoxy groups -OCH3 is 1. The molecule has 0 bridgehead atoms. The zero-order valence-electron chi connectivity index (χ0n) is 6.56. The quantitative estimate of drug-likeness (QED) is 0.408. The second-order valence-electron chi connectivity index (χ2n) is 2.07. The van der Waals surface area contributed by atoms with Crippen LogP contribution in [0.4, 0.5) is 0 Å². The second kappa shape index (κ2) is 4.19. The minimum atomic E-state index is 0.956. The maximum absolute atomic E-state index is 5.04. The van der Waals surface area contributed by atoms with Crippen molar-refractivity contribution < 1.29 is 4.74 Å². The number of hydrogen-bond donors (Lipinski definition) is 0. The van der Waals surface area contributed by atoms with E-state index < -0.39 is 0 Å². The van der Waals surface area contributed by atoms with Gasteiger partial charge in [0.05, 0.1) is 7.11 Å². The van der Waals surface area contributed by atoms with Crippen LogP contribution < -0.4 is 0 Å². The molecule has 0 saturated carbocycles. The van der Waals surface area contributed by atoms with Crippen LogP contribution in [0.3, 0.4) is 0 Å². The van der Waals surface area contributed by atoms with E-state index >= 15 is 0 Å². The SMILES string of the molecule is CC=CC(OC)=C(C)C. The van der Waals surface area contributed by atoms with Gasteiger partial charge in [0.1, 0.15) is 5.76 Å². The van der Waals surface area contributed by atoms with E-state index in [1.54, 1.807) is 7.11 Å². The molecule has 0 spiro atoms. The molecule has 1 nitrogen and oxygen atoms in total. The molecule has 9 heavy (non-hydrogen) atoms.